The maximum atomic E-state index is 13.9. The maximum absolute atomic E-state index is 13.9. The Morgan fingerprint density at radius 2 is 2.24 bits per heavy atom. The topological polar surface area (TPSA) is 62.0 Å². The third kappa shape index (κ3) is 1.41. The number of aliphatic hydroxyl groups is 1. The van der Waals surface area contributed by atoms with Crippen molar-refractivity contribution in [3.05, 3.63) is 35.8 Å². The first kappa shape index (κ1) is 10.7. The van der Waals surface area contributed by atoms with Gasteiger partial charge in [-0.05, 0) is 30.5 Å². The summed E-state index contributed by atoms with van der Waals surface area (Å²) in [6.45, 7) is 0.436. The van der Waals surface area contributed by atoms with E-state index in [1.165, 1.54) is 6.07 Å². The third-order valence-corrected chi connectivity index (χ3v) is 3.87. The number of nitrogens with one attached hydrogen (secondary N) is 1. The van der Waals surface area contributed by atoms with Gasteiger partial charge in [-0.2, -0.15) is 0 Å². The van der Waals surface area contributed by atoms with Crippen LogP contribution in [0.15, 0.2) is 24.4 Å². The highest BCUT2D eigenvalue weighted by molar-refractivity contribution is 5.85. The van der Waals surface area contributed by atoms with Gasteiger partial charge < -0.3 is 15.8 Å². The number of fused-ring (bicyclic) bond motifs is 1. The fourth-order valence-electron chi connectivity index (χ4n) is 2.90. The molecule has 0 spiro atoms. The number of hydrogen-bond acceptors (Lipinski definition) is 2. The summed E-state index contributed by atoms with van der Waals surface area (Å²) in [6, 6.07) is 4.99. The molecule has 3 rings (SSSR count). The number of hydrogen-bond donors (Lipinski definition) is 3. The molecule has 3 nitrogen and oxygen atoms in total. The largest absolute Gasteiger partial charge is 0.393 e. The zero-order chi connectivity index (χ0) is 12.0. The molecule has 0 aliphatic heterocycles. The Morgan fingerprint density at radius 1 is 1.47 bits per heavy atom. The number of aromatic nitrogens is 1. The van der Waals surface area contributed by atoms with E-state index in [9.17, 15) is 9.50 Å². The van der Waals surface area contributed by atoms with Crippen LogP contribution in [0.4, 0.5) is 4.39 Å². The summed E-state index contributed by atoms with van der Waals surface area (Å²) in [4.78, 5) is 3.07. The number of benzene rings is 1. The van der Waals surface area contributed by atoms with Gasteiger partial charge in [0, 0.05) is 29.1 Å². The molecule has 1 aliphatic carbocycles. The highest BCUT2D eigenvalue weighted by Gasteiger charge is 2.45. The molecule has 4 N–H and O–H groups in total. The van der Waals surface area contributed by atoms with E-state index in [0.717, 1.165) is 11.1 Å². The van der Waals surface area contributed by atoms with Crippen LogP contribution >= 0.6 is 0 Å². The average Bonchev–Trinajstić information content (AvgIpc) is 2.70. The molecule has 17 heavy (non-hydrogen) atoms. The standard InChI is InChI=1S/C13H15FN2O/c14-10-2-1-3-11-12(10)9(6-16-11)13(7-15)4-8(17)5-13/h1-3,6,8,16-17H,4-5,7,15H2. The lowest BCUT2D eigenvalue weighted by molar-refractivity contribution is 0.0228. The van der Waals surface area contributed by atoms with E-state index < -0.39 is 0 Å². The normalized spacial score (nSPS) is 28.3. The van der Waals surface area contributed by atoms with Gasteiger partial charge in [-0.3, -0.25) is 0 Å². The molecule has 0 saturated heterocycles. The van der Waals surface area contributed by atoms with E-state index in [4.69, 9.17) is 5.73 Å². The summed E-state index contributed by atoms with van der Waals surface area (Å²) in [5, 5.41) is 10.1. The van der Waals surface area contributed by atoms with Crippen LogP contribution in [0, 0.1) is 5.82 Å². The van der Waals surface area contributed by atoms with Crippen LogP contribution in [0.25, 0.3) is 10.9 Å². The van der Waals surface area contributed by atoms with Crippen LogP contribution in [0.5, 0.6) is 0 Å². The quantitative estimate of drug-likeness (QED) is 0.740. The molecular weight excluding hydrogens is 219 g/mol. The predicted molar refractivity (Wildman–Crippen MR) is 64.2 cm³/mol. The van der Waals surface area contributed by atoms with Crippen molar-refractivity contribution in [2.75, 3.05) is 6.54 Å². The Kier molecular flexibility index (Phi) is 2.24. The lowest BCUT2D eigenvalue weighted by Crippen LogP contribution is -2.49. The van der Waals surface area contributed by atoms with Gasteiger partial charge in [0.05, 0.1) is 6.10 Å². The summed E-state index contributed by atoms with van der Waals surface area (Å²) >= 11 is 0. The molecule has 0 radical (unpaired) electrons. The van der Waals surface area contributed by atoms with Gasteiger partial charge in [0.15, 0.2) is 0 Å². The fraction of sp³-hybridized carbons (Fsp3) is 0.385. The summed E-state index contributed by atoms with van der Waals surface area (Å²) in [5.41, 5.74) is 7.24. The molecular formula is C13H15FN2O. The van der Waals surface area contributed by atoms with Crippen molar-refractivity contribution in [1.29, 1.82) is 0 Å². The number of halogens is 1. The smallest absolute Gasteiger partial charge is 0.132 e. The minimum absolute atomic E-state index is 0.229. The second kappa shape index (κ2) is 3.55. The van der Waals surface area contributed by atoms with Crippen LogP contribution in [0.1, 0.15) is 18.4 Å². The fourth-order valence-corrected chi connectivity index (χ4v) is 2.90. The molecule has 2 aromatic rings. The van der Waals surface area contributed by atoms with Crippen LogP contribution in [0.3, 0.4) is 0 Å². The molecule has 1 heterocycles. The van der Waals surface area contributed by atoms with Crippen molar-refractivity contribution < 1.29 is 9.50 Å². The molecule has 1 aromatic heterocycles. The molecule has 0 unspecified atom stereocenters. The Hall–Kier alpha value is -1.39. The molecule has 1 aliphatic rings. The predicted octanol–water partition coefficient (Wildman–Crippen LogP) is 1.66. The second-order valence-corrected chi connectivity index (χ2v) is 4.91. The van der Waals surface area contributed by atoms with Crippen LogP contribution in [-0.2, 0) is 5.41 Å². The van der Waals surface area contributed by atoms with E-state index in [1.807, 2.05) is 12.3 Å². The first-order valence-electron chi connectivity index (χ1n) is 5.80. The Labute approximate surface area is 98.4 Å². The maximum Gasteiger partial charge on any atom is 0.132 e. The van der Waals surface area contributed by atoms with Crippen LogP contribution < -0.4 is 5.73 Å². The molecule has 0 amide bonds. The third-order valence-electron chi connectivity index (χ3n) is 3.87. The molecule has 1 aromatic carbocycles. The number of nitrogens with two attached hydrogens (primary N) is 1. The van der Waals surface area contributed by atoms with Crippen molar-refractivity contribution in [3.63, 3.8) is 0 Å². The van der Waals surface area contributed by atoms with Crippen LogP contribution in [0.2, 0.25) is 0 Å². The lowest BCUT2D eigenvalue weighted by atomic mass is 9.62. The molecule has 1 fully saturated rings. The molecule has 90 valence electrons. The number of rotatable bonds is 2. The Bertz CT molecular complexity index is 558. The summed E-state index contributed by atoms with van der Waals surface area (Å²) in [7, 11) is 0. The lowest BCUT2D eigenvalue weighted by Gasteiger charge is -2.44. The van der Waals surface area contributed by atoms with Gasteiger partial charge in [0.2, 0.25) is 0 Å². The summed E-state index contributed by atoms with van der Waals surface area (Å²) < 4.78 is 13.9. The second-order valence-electron chi connectivity index (χ2n) is 4.91. The van der Waals surface area contributed by atoms with E-state index in [-0.39, 0.29) is 17.3 Å². The van der Waals surface area contributed by atoms with E-state index in [2.05, 4.69) is 4.98 Å². The van der Waals surface area contributed by atoms with Gasteiger partial charge in [-0.25, -0.2) is 4.39 Å². The molecule has 4 heteroatoms. The van der Waals surface area contributed by atoms with Crippen molar-refractivity contribution in [3.8, 4) is 0 Å². The number of aromatic amines is 1. The van der Waals surface area contributed by atoms with Gasteiger partial charge in [-0.15, -0.1) is 0 Å². The van der Waals surface area contributed by atoms with Gasteiger partial charge in [0.1, 0.15) is 5.82 Å². The van der Waals surface area contributed by atoms with Crippen molar-refractivity contribution in [2.45, 2.75) is 24.4 Å². The van der Waals surface area contributed by atoms with Crippen LogP contribution in [-0.4, -0.2) is 22.7 Å². The zero-order valence-corrected chi connectivity index (χ0v) is 9.41. The Morgan fingerprint density at radius 3 is 2.88 bits per heavy atom. The first-order valence-corrected chi connectivity index (χ1v) is 5.80. The minimum atomic E-state index is -0.310. The summed E-state index contributed by atoms with van der Waals surface area (Å²) in [5.74, 6) is -0.229. The van der Waals surface area contributed by atoms with Crippen molar-refractivity contribution >= 4 is 10.9 Å². The first-order chi connectivity index (χ1) is 8.16. The summed E-state index contributed by atoms with van der Waals surface area (Å²) in [6.07, 6.45) is 2.75. The molecule has 1 saturated carbocycles. The van der Waals surface area contributed by atoms with Crippen molar-refractivity contribution in [2.24, 2.45) is 5.73 Å². The monoisotopic (exact) mass is 234 g/mol. The van der Waals surface area contributed by atoms with E-state index >= 15 is 0 Å². The van der Waals surface area contributed by atoms with E-state index in [1.54, 1.807) is 6.07 Å². The SMILES string of the molecule is NCC1(c2c[nH]c3cccc(F)c23)CC(O)C1. The average molecular weight is 234 g/mol. The molecule has 0 atom stereocenters. The Balaban J connectivity index is 2.18. The van der Waals surface area contributed by atoms with Crippen molar-refractivity contribution in [1.82, 2.24) is 4.98 Å². The van der Waals surface area contributed by atoms with Gasteiger partial charge >= 0.3 is 0 Å². The number of aliphatic hydroxyl groups excluding tert-OH is 1. The minimum Gasteiger partial charge on any atom is -0.393 e. The highest BCUT2D eigenvalue weighted by atomic mass is 19.1. The number of H-pyrrole nitrogens is 1. The molecule has 0 bridgehead atoms. The van der Waals surface area contributed by atoms with Gasteiger partial charge in [-0.1, -0.05) is 6.07 Å². The highest BCUT2D eigenvalue weighted by Crippen LogP contribution is 2.46. The zero-order valence-electron chi connectivity index (χ0n) is 9.41. The van der Waals surface area contributed by atoms with Gasteiger partial charge in [0.25, 0.3) is 0 Å². The van der Waals surface area contributed by atoms with E-state index in [0.29, 0.717) is 24.8 Å².